The van der Waals surface area contributed by atoms with E-state index >= 15 is 0 Å². The minimum absolute atomic E-state index is 0.0494. The molecule has 0 aliphatic carbocycles. The molecule has 34 heavy (non-hydrogen) atoms. The highest BCUT2D eigenvalue weighted by Crippen LogP contribution is 2.31. The average Bonchev–Trinajstić information content (AvgIpc) is 2.84. The van der Waals surface area contributed by atoms with Crippen molar-refractivity contribution in [2.24, 2.45) is 0 Å². The lowest BCUT2D eigenvalue weighted by molar-refractivity contribution is -0.0284. The van der Waals surface area contributed by atoms with Gasteiger partial charge in [0.05, 0.1) is 18.4 Å². The predicted molar refractivity (Wildman–Crippen MR) is 124 cm³/mol. The first-order valence-corrected chi connectivity index (χ1v) is 11.5. The van der Waals surface area contributed by atoms with Crippen LogP contribution >= 0.6 is 0 Å². The highest BCUT2D eigenvalue weighted by Gasteiger charge is 2.26. The van der Waals surface area contributed by atoms with Gasteiger partial charge < -0.3 is 9.47 Å². The molecule has 0 radical (unpaired) electrons. The van der Waals surface area contributed by atoms with Crippen LogP contribution in [-0.4, -0.2) is 41.7 Å². The summed E-state index contributed by atoms with van der Waals surface area (Å²) in [6, 6.07) is 18.4. The maximum Gasteiger partial charge on any atom is 0.356 e. The molecule has 5 nitrogen and oxygen atoms in total. The molecule has 1 aliphatic heterocycles. The summed E-state index contributed by atoms with van der Waals surface area (Å²) >= 11 is 0. The third-order valence-corrected chi connectivity index (χ3v) is 5.83. The standard InChI is InChI=1S/C27H28F2N2O3/c1-2-33-27(32)25-10-6-9-23(30-25)18-31-13-11-24(12-14-31)34-26(19-7-4-3-5-8-19)20-15-21(28)17-22(29)16-20/h3-10,15-17,24,26H,2,11-14,18H2,1H3. The topological polar surface area (TPSA) is 51.7 Å². The van der Waals surface area contributed by atoms with Crippen LogP contribution in [0.1, 0.15) is 53.2 Å². The van der Waals surface area contributed by atoms with Gasteiger partial charge >= 0.3 is 5.97 Å². The normalized spacial score (nSPS) is 15.7. The highest BCUT2D eigenvalue weighted by atomic mass is 19.1. The van der Waals surface area contributed by atoms with E-state index in [-0.39, 0.29) is 6.10 Å². The number of esters is 1. The van der Waals surface area contributed by atoms with Crippen molar-refractivity contribution in [3.8, 4) is 0 Å². The third-order valence-electron chi connectivity index (χ3n) is 5.83. The van der Waals surface area contributed by atoms with Gasteiger partial charge in [-0.25, -0.2) is 18.6 Å². The van der Waals surface area contributed by atoms with Crippen molar-refractivity contribution in [1.29, 1.82) is 0 Å². The molecule has 1 unspecified atom stereocenters. The van der Waals surface area contributed by atoms with Gasteiger partial charge in [0.2, 0.25) is 0 Å². The minimum Gasteiger partial charge on any atom is -0.461 e. The predicted octanol–water partition coefficient (Wildman–Crippen LogP) is 5.31. The number of halogens is 2. The van der Waals surface area contributed by atoms with Gasteiger partial charge in [0.15, 0.2) is 0 Å². The summed E-state index contributed by atoms with van der Waals surface area (Å²) in [5.41, 5.74) is 2.44. The Balaban J connectivity index is 1.40. The molecule has 0 saturated carbocycles. The molecule has 3 aromatic rings. The number of benzene rings is 2. The summed E-state index contributed by atoms with van der Waals surface area (Å²) in [5.74, 6) is -1.66. The van der Waals surface area contributed by atoms with Crippen LogP contribution in [0, 0.1) is 11.6 Å². The lowest BCUT2D eigenvalue weighted by Crippen LogP contribution is -2.37. The second kappa shape index (κ2) is 11.3. The maximum absolute atomic E-state index is 13.9. The number of hydrogen-bond donors (Lipinski definition) is 0. The zero-order valence-electron chi connectivity index (χ0n) is 19.1. The number of ether oxygens (including phenoxy) is 2. The summed E-state index contributed by atoms with van der Waals surface area (Å²) in [6.07, 6.45) is 0.953. The number of rotatable bonds is 8. The minimum atomic E-state index is -0.619. The van der Waals surface area contributed by atoms with E-state index < -0.39 is 23.7 Å². The second-order valence-electron chi connectivity index (χ2n) is 8.34. The van der Waals surface area contributed by atoms with Gasteiger partial charge in [0.25, 0.3) is 0 Å². The molecule has 1 atom stereocenters. The van der Waals surface area contributed by atoms with Gasteiger partial charge in [-0.1, -0.05) is 36.4 Å². The molecule has 1 saturated heterocycles. The molecular formula is C27H28F2N2O3. The number of carbonyl (C=O) groups excluding carboxylic acids is 1. The summed E-state index contributed by atoms with van der Waals surface area (Å²) in [4.78, 5) is 18.6. The fourth-order valence-electron chi connectivity index (χ4n) is 4.22. The monoisotopic (exact) mass is 466 g/mol. The molecule has 1 fully saturated rings. The van der Waals surface area contributed by atoms with Gasteiger partial charge in [-0.2, -0.15) is 0 Å². The fraction of sp³-hybridized carbons (Fsp3) is 0.333. The number of hydrogen-bond acceptors (Lipinski definition) is 5. The molecule has 178 valence electrons. The van der Waals surface area contributed by atoms with E-state index in [4.69, 9.17) is 9.47 Å². The molecule has 0 bridgehead atoms. The zero-order chi connectivity index (χ0) is 23.9. The van der Waals surface area contributed by atoms with E-state index in [0.29, 0.717) is 24.4 Å². The van der Waals surface area contributed by atoms with Crippen molar-refractivity contribution in [2.75, 3.05) is 19.7 Å². The summed E-state index contributed by atoms with van der Waals surface area (Å²) in [5, 5.41) is 0. The Bertz CT molecular complexity index is 1080. The number of likely N-dealkylation sites (tertiary alicyclic amines) is 1. The molecule has 7 heteroatoms. The number of aromatic nitrogens is 1. The molecule has 2 aromatic carbocycles. The molecule has 4 rings (SSSR count). The van der Waals surface area contributed by atoms with Crippen LogP contribution in [0.2, 0.25) is 0 Å². The summed E-state index contributed by atoms with van der Waals surface area (Å²) in [6.45, 7) is 4.27. The van der Waals surface area contributed by atoms with Gasteiger partial charge in [-0.3, -0.25) is 4.90 Å². The molecule has 0 N–H and O–H groups in total. The molecule has 0 amide bonds. The molecule has 1 aliphatic rings. The average molecular weight is 467 g/mol. The van der Waals surface area contributed by atoms with Gasteiger partial charge in [-0.05, 0) is 55.2 Å². The van der Waals surface area contributed by atoms with Crippen LogP contribution in [0.25, 0.3) is 0 Å². The van der Waals surface area contributed by atoms with Crippen molar-refractivity contribution in [3.63, 3.8) is 0 Å². The second-order valence-corrected chi connectivity index (χ2v) is 8.34. The van der Waals surface area contributed by atoms with E-state index in [2.05, 4.69) is 9.88 Å². The van der Waals surface area contributed by atoms with E-state index in [1.54, 1.807) is 13.0 Å². The van der Waals surface area contributed by atoms with Crippen molar-refractivity contribution in [1.82, 2.24) is 9.88 Å². The Kier molecular flexibility index (Phi) is 7.98. The van der Waals surface area contributed by atoms with Crippen LogP contribution in [0.5, 0.6) is 0 Å². The fourth-order valence-corrected chi connectivity index (χ4v) is 4.22. The van der Waals surface area contributed by atoms with Crippen LogP contribution in [0.4, 0.5) is 8.78 Å². The Hall–Kier alpha value is -3.16. The van der Waals surface area contributed by atoms with E-state index in [9.17, 15) is 13.6 Å². The van der Waals surface area contributed by atoms with Crippen molar-refractivity contribution in [2.45, 2.75) is 38.5 Å². The molecular weight excluding hydrogens is 438 g/mol. The van der Waals surface area contributed by atoms with Crippen molar-refractivity contribution in [3.05, 3.63) is 101 Å². The third kappa shape index (κ3) is 6.24. The summed E-state index contributed by atoms with van der Waals surface area (Å²) < 4.78 is 39.3. The number of pyridine rings is 1. The first-order valence-electron chi connectivity index (χ1n) is 11.5. The Labute approximate surface area is 198 Å². The number of carbonyl (C=O) groups is 1. The van der Waals surface area contributed by atoms with Crippen LogP contribution in [0.3, 0.4) is 0 Å². The smallest absolute Gasteiger partial charge is 0.356 e. The Morgan fingerprint density at radius 1 is 1.00 bits per heavy atom. The van der Waals surface area contributed by atoms with E-state index in [0.717, 1.165) is 43.3 Å². The van der Waals surface area contributed by atoms with E-state index in [1.807, 2.05) is 42.5 Å². The van der Waals surface area contributed by atoms with Gasteiger partial charge in [-0.15, -0.1) is 0 Å². The highest BCUT2D eigenvalue weighted by molar-refractivity contribution is 5.87. The van der Waals surface area contributed by atoms with Crippen LogP contribution in [-0.2, 0) is 16.0 Å². The maximum atomic E-state index is 13.9. The Morgan fingerprint density at radius 2 is 1.71 bits per heavy atom. The van der Waals surface area contributed by atoms with Crippen molar-refractivity contribution >= 4 is 5.97 Å². The van der Waals surface area contributed by atoms with Gasteiger partial charge in [0, 0.05) is 25.7 Å². The molecule has 0 spiro atoms. The van der Waals surface area contributed by atoms with Gasteiger partial charge in [0.1, 0.15) is 23.4 Å². The SMILES string of the molecule is CCOC(=O)c1cccc(CN2CCC(OC(c3ccccc3)c3cc(F)cc(F)c3)CC2)n1. The number of nitrogens with zero attached hydrogens (tertiary/aromatic N) is 2. The van der Waals surface area contributed by atoms with Crippen LogP contribution in [0.15, 0.2) is 66.7 Å². The first kappa shape index (κ1) is 24.0. The lowest BCUT2D eigenvalue weighted by atomic mass is 9.99. The first-order chi connectivity index (χ1) is 16.5. The lowest BCUT2D eigenvalue weighted by Gasteiger charge is -2.34. The largest absolute Gasteiger partial charge is 0.461 e. The van der Waals surface area contributed by atoms with Crippen molar-refractivity contribution < 1.29 is 23.0 Å². The molecule has 2 heterocycles. The Morgan fingerprint density at radius 3 is 2.38 bits per heavy atom. The zero-order valence-corrected chi connectivity index (χ0v) is 19.1. The molecule has 1 aromatic heterocycles. The quantitative estimate of drug-likeness (QED) is 0.422. The summed E-state index contributed by atoms with van der Waals surface area (Å²) in [7, 11) is 0. The number of piperidine rings is 1. The van der Waals surface area contributed by atoms with E-state index in [1.165, 1.54) is 12.1 Å². The van der Waals surface area contributed by atoms with Crippen LogP contribution < -0.4 is 0 Å².